The SMILES string of the molecule is CC(C)CNC(=O)Cn1c(CCCl)nc2cnccc21. The van der Waals surface area contributed by atoms with E-state index in [0.717, 1.165) is 16.9 Å². The number of carbonyl (C=O) groups is 1. The highest BCUT2D eigenvalue weighted by Gasteiger charge is 2.13. The number of imidazole rings is 1. The van der Waals surface area contributed by atoms with E-state index in [0.29, 0.717) is 24.8 Å². The lowest BCUT2D eigenvalue weighted by molar-refractivity contribution is -0.121. The number of rotatable bonds is 6. The van der Waals surface area contributed by atoms with Crippen LogP contribution in [0.4, 0.5) is 0 Å². The molecule has 0 spiro atoms. The fraction of sp³-hybridized carbons (Fsp3) is 0.500. The van der Waals surface area contributed by atoms with Crippen LogP contribution in [0.2, 0.25) is 0 Å². The van der Waals surface area contributed by atoms with Gasteiger partial charge in [0.15, 0.2) is 0 Å². The highest BCUT2D eigenvalue weighted by Crippen LogP contribution is 2.15. The van der Waals surface area contributed by atoms with E-state index < -0.39 is 0 Å². The van der Waals surface area contributed by atoms with Crippen molar-refractivity contribution in [2.24, 2.45) is 5.92 Å². The van der Waals surface area contributed by atoms with Crippen molar-refractivity contribution >= 4 is 28.5 Å². The topological polar surface area (TPSA) is 59.8 Å². The molecule has 0 saturated heterocycles. The van der Waals surface area contributed by atoms with Gasteiger partial charge in [-0.15, -0.1) is 11.6 Å². The fourth-order valence-corrected chi connectivity index (χ4v) is 2.17. The second-order valence-electron chi connectivity index (χ2n) is 5.12. The standard InChI is InChI=1S/C14H19ClN4O/c1-10(2)7-17-14(20)9-19-12-4-6-16-8-11(12)18-13(19)3-5-15/h4,6,8,10H,3,5,7,9H2,1-2H3,(H,17,20). The number of alkyl halides is 1. The number of nitrogens with one attached hydrogen (secondary N) is 1. The predicted molar refractivity (Wildman–Crippen MR) is 79.8 cm³/mol. The zero-order valence-corrected chi connectivity index (χ0v) is 12.5. The Hall–Kier alpha value is -1.62. The normalized spacial score (nSPS) is 11.2. The molecule has 2 aromatic heterocycles. The van der Waals surface area contributed by atoms with Crippen molar-refractivity contribution in [1.82, 2.24) is 19.9 Å². The smallest absolute Gasteiger partial charge is 0.240 e. The average molecular weight is 295 g/mol. The van der Waals surface area contributed by atoms with Gasteiger partial charge in [0.1, 0.15) is 17.9 Å². The second-order valence-corrected chi connectivity index (χ2v) is 5.49. The van der Waals surface area contributed by atoms with Crippen LogP contribution in [0.15, 0.2) is 18.5 Å². The van der Waals surface area contributed by atoms with Crippen LogP contribution in [-0.2, 0) is 17.8 Å². The van der Waals surface area contributed by atoms with E-state index in [1.807, 2.05) is 10.6 Å². The van der Waals surface area contributed by atoms with Gasteiger partial charge >= 0.3 is 0 Å². The van der Waals surface area contributed by atoms with Crippen molar-refractivity contribution in [2.45, 2.75) is 26.8 Å². The maximum absolute atomic E-state index is 12.0. The number of fused-ring (bicyclic) bond motifs is 1. The van der Waals surface area contributed by atoms with Crippen molar-refractivity contribution in [1.29, 1.82) is 0 Å². The summed E-state index contributed by atoms with van der Waals surface area (Å²) in [7, 11) is 0. The highest BCUT2D eigenvalue weighted by atomic mass is 35.5. The zero-order valence-electron chi connectivity index (χ0n) is 11.8. The van der Waals surface area contributed by atoms with Crippen molar-refractivity contribution in [3.63, 3.8) is 0 Å². The molecule has 0 aromatic carbocycles. The molecule has 20 heavy (non-hydrogen) atoms. The molecule has 1 amide bonds. The summed E-state index contributed by atoms with van der Waals surface area (Å²) in [4.78, 5) is 20.6. The summed E-state index contributed by atoms with van der Waals surface area (Å²) < 4.78 is 1.91. The van der Waals surface area contributed by atoms with E-state index in [-0.39, 0.29) is 12.5 Å². The Morgan fingerprint density at radius 3 is 3.00 bits per heavy atom. The molecule has 0 bridgehead atoms. The van der Waals surface area contributed by atoms with E-state index in [2.05, 4.69) is 29.1 Å². The lowest BCUT2D eigenvalue weighted by atomic mass is 10.2. The Balaban J connectivity index is 2.22. The summed E-state index contributed by atoms with van der Waals surface area (Å²) in [6.07, 6.45) is 4.04. The van der Waals surface area contributed by atoms with Crippen molar-refractivity contribution in [2.75, 3.05) is 12.4 Å². The molecule has 0 radical (unpaired) electrons. The molecule has 0 aliphatic carbocycles. The van der Waals surface area contributed by atoms with Gasteiger partial charge in [0, 0.05) is 25.0 Å². The first-order valence-electron chi connectivity index (χ1n) is 6.73. The van der Waals surface area contributed by atoms with E-state index in [1.54, 1.807) is 12.4 Å². The third kappa shape index (κ3) is 3.48. The van der Waals surface area contributed by atoms with Crippen LogP contribution in [0.5, 0.6) is 0 Å². The minimum atomic E-state index is -0.00867. The Morgan fingerprint density at radius 2 is 2.30 bits per heavy atom. The van der Waals surface area contributed by atoms with Gasteiger partial charge in [-0.2, -0.15) is 0 Å². The Bertz CT molecular complexity index is 594. The number of pyridine rings is 1. The average Bonchev–Trinajstić information content (AvgIpc) is 2.75. The Labute approximate surface area is 123 Å². The van der Waals surface area contributed by atoms with Crippen LogP contribution in [0.1, 0.15) is 19.7 Å². The zero-order chi connectivity index (χ0) is 14.5. The van der Waals surface area contributed by atoms with E-state index in [4.69, 9.17) is 11.6 Å². The number of amides is 1. The van der Waals surface area contributed by atoms with Crippen molar-refractivity contribution in [3.05, 3.63) is 24.3 Å². The third-order valence-corrected chi connectivity index (χ3v) is 3.15. The summed E-state index contributed by atoms with van der Waals surface area (Å²) in [5, 5.41) is 2.92. The molecule has 2 heterocycles. The molecule has 0 unspecified atom stereocenters. The van der Waals surface area contributed by atoms with Gasteiger partial charge in [0.05, 0.1) is 11.7 Å². The van der Waals surface area contributed by atoms with E-state index >= 15 is 0 Å². The largest absolute Gasteiger partial charge is 0.354 e. The molecule has 1 N–H and O–H groups in total. The van der Waals surface area contributed by atoms with Gasteiger partial charge in [0.25, 0.3) is 0 Å². The third-order valence-electron chi connectivity index (χ3n) is 2.96. The first kappa shape index (κ1) is 14.8. The second kappa shape index (κ2) is 6.70. The minimum Gasteiger partial charge on any atom is -0.354 e. The van der Waals surface area contributed by atoms with Crippen LogP contribution in [0.3, 0.4) is 0 Å². The van der Waals surface area contributed by atoms with Crippen LogP contribution >= 0.6 is 11.6 Å². The fourth-order valence-electron chi connectivity index (χ4n) is 2.00. The predicted octanol–water partition coefficient (Wildman–Crippen LogP) is 1.98. The van der Waals surface area contributed by atoms with Gasteiger partial charge in [-0.3, -0.25) is 9.78 Å². The number of aryl methyl sites for hydroxylation is 1. The van der Waals surface area contributed by atoms with Crippen molar-refractivity contribution in [3.8, 4) is 0 Å². The Kier molecular flexibility index (Phi) is 4.95. The summed E-state index contributed by atoms with van der Waals surface area (Å²) in [5.74, 6) is 1.73. The summed E-state index contributed by atoms with van der Waals surface area (Å²) in [6.45, 7) is 5.08. The van der Waals surface area contributed by atoms with Gasteiger partial charge in [-0.05, 0) is 12.0 Å². The Morgan fingerprint density at radius 1 is 1.50 bits per heavy atom. The van der Waals surface area contributed by atoms with Crippen molar-refractivity contribution < 1.29 is 4.79 Å². The summed E-state index contributed by atoms with van der Waals surface area (Å²) in [6, 6.07) is 1.87. The monoisotopic (exact) mass is 294 g/mol. The lowest BCUT2D eigenvalue weighted by Crippen LogP contribution is -2.31. The molecule has 5 nitrogen and oxygen atoms in total. The van der Waals surface area contributed by atoms with Crippen LogP contribution in [-0.4, -0.2) is 32.9 Å². The molecule has 0 aliphatic rings. The first-order chi connectivity index (χ1) is 9.61. The quantitative estimate of drug-likeness (QED) is 0.829. The molecule has 0 fully saturated rings. The molecule has 0 saturated carbocycles. The van der Waals surface area contributed by atoms with Gasteiger partial charge in [-0.25, -0.2) is 4.98 Å². The maximum Gasteiger partial charge on any atom is 0.240 e. The van der Waals surface area contributed by atoms with Gasteiger partial charge in [0.2, 0.25) is 5.91 Å². The molecule has 2 aromatic rings. The number of aromatic nitrogens is 3. The number of nitrogens with zero attached hydrogens (tertiary/aromatic N) is 3. The maximum atomic E-state index is 12.0. The van der Waals surface area contributed by atoms with Crippen LogP contribution in [0.25, 0.3) is 11.0 Å². The molecular weight excluding hydrogens is 276 g/mol. The van der Waals surface area contributed by atoms with Crippen LogP contribution < -0.4 is 5.32 Å². The molecule has 2 rings (SSSR count). The summed E-state index contributed by atoms with van der Waals surface area (Å²) >= 11 is 5.81. The molecule has 108 valence electrons. The van der Waals surface area contributed by atoms with Gasteiger partial charge < -0.3 is 9.88 Å². The molecule has 0 aliphatic heterocycles. The lowest BCUT2D eigenvalue weighted by Gasteiger charge is -2.10. The molecule has 0 atom stereocenters. The number of carbonyl (C=O) groups excluding carboxylic acids is 1. The number of halogens is 1. The number of hydrogen-bond acceptors (Lipinski definition) is 3. The first-order valence-corrected chi connectivity index (χ1v) is 7.27. The minimum absolute atomic E-state index is 0.00867. The molecular formula is C14H19ClN4O. The molecule has 6 heteroatoms. The summed E-state index contributed by atoms with van der Waals surface area (Å²) in [5.41, 5.74) is 1.71. The van der Waals surface area contributed by atoms with Gasteiger partial charge in [-0.1, -0.05) is 13.8 Å². The van der Waals surface area contributed by atoms with E-state index in [9.17, 15) is 4.79 Å². The highest BCUT2D eigenvalue weighted by molar-refractivity contribution is 6.17. The van der Waals surface area contributed by atoms with E-state index in [1.165, 1.54) is 0 Å². The number of hydrogen-bond donors (Lipinski definition) is 1. The van der Waals surface area contributed by atoms with Crippen LogP contribution in [0, 0.1) is 5.92 Å².